The molecule has 2 N–H and O–H groups in total. The van der Waals surface area contributed by atoms with Gasteiger partial charge in [0, 0.05) is 26.2 Å². The predicted octanol–water partition coefficient (Wildman–Crippen LogP) is 2.03. The molecule has 2 amide bonds. The van der Waals surface area contributed by atoms with E-state index in [9.17, 15) is 14.0 Å². The van der Waals surface area contributed by atoms with Crippen LogP contribution < -0.4 is 15.4 Å². The van der Waals surface area contributed by atoms with E-state index in [0.29, 0.717) is 37.6 Å². The highest BCUT2D eigenvalue weighted by molar-refractivity contribution is 5.94. The molecular formula is C21H25FN4O3. The fourth-order valence-electron chi connectivity index (χ4n) is 3.20. The minimum atomic E-state index is -0.452. The maximum Gasteiger partial charge on any atom is 0.238 e. The Bertz CT molecular complexity index is 853. The van der Waals surface area contributed by atoms with Crippen molar-refractivity contribution in [2.24, 2.45) is 0 Å². The highest BCUT2D eigenvalue weighted by Crippen LogP contribution is 2.22. The van der Waals surface area contributed by atoms with Gasteiger partial charge in [-0.1, -0.05) is 24.3 Å². The number of nitrogens with one attached hydrogen (secondary N) is 2. The second kappa shape index (κ2) is 9.99. The van der Waals surface area contributed by atoms with Gasteiger partial charge in [0.25, 0.3) is 0 Å². The number of carbonyl (C=O) groups excluding carboxylic acids is 2. The standard InChI is InChI=1S/C21H25FN4O3/c1-29-19-9-5-4-8-18(19)24-21(28)15-26-12-10-25(11-13-26)14-20(27)23-17-7-3-2-6-16(17)22/h2-9H,10-15H2,1H3,(H,23,27)(H,24,28). The largest absolute Gasteiger partial charge is 0.495 e. The van der Waals surface area contributed by atoms with Crippen LogP contribution in [-0.4, -0.2) is 68.0 Å². The molecule has 1 saturated heterocycles. The molecule has 1 heterocycles. The Morgan fingerprint density at radius 1 is 0.862 bits per heavy atom. The lowest BCUT2D eigenvalue weighted by molar-refractivity contribution is -0.120. The summed E-state index contributed by atoms with van der Waals surface area (Å²) in [5.74, 6) is -0.198. The number of methoxy groups -OCH3 is 1. The third-order valence-corrected chi connectivity index (χ3v) is 4.73. The Labute approximate surface area is 169 Å². The molecular weight excluding hydrogens is 375 g/mol. The van der Waals surface area contributed by atoms with Gasteiger partial charge < -0.3 is 15.4 Å². The number of carbonyl (C=O) groups is 2. The van der Waals surface area contributed by atoms with E-state index in [4.69, 9.17) is 4.74 Å². The molecule has 1 aliphatic rings. The number of nitrogens with zero attached hydrogens (tertiary/aromatic N) is 2. The Kier molecular flexibility index (Phi) is 7.15. The summed E-state index contributed by atoms with van der Waals surface area (Å²) in [4.78, 5) is 28.5. The summed E-state index contributed by atoms with van der Waals surface area (Å²) in [6, 6.07) is 13.4. The normalized spacial score (nSPS) is 15.0. The number of amides is 2. The van der Waals surface area contributed by atoms with Gasteiger partial charge in [0.05, 0.1) is 31.6 Å². The zero-order chi connectivity index (χ0) is 20.6. The minimum Gasteiger partial charge on any atom is -0.495 e. The number of piperazine rings is 1. The molecule has 29 heavy (non-hydrogen) atoms. The molecule has 0 radical (unpaired) electrons. The molecule has 3 rings (SSSR count). The van der Waals surface area contributed by atoms with Crippen molar-refractivity contribution < 1.29 is 18.7 Å². The van der Waals surface area contributed by atoms with Crippen LogP contribution in [0.2, 0.25) is 0 Å². The van der Waals surface area contributed by atoms with Crippen LogP contribution in [0.1, 0.15) is 0 Å². The first-order valence-electron chi connectivity index (χ1n) is 9.47. The number of benzene rings is 2. The van der Waals surface area contributed by atoms with Gasteiger partial charge in [-0.05, 0) is 24.3 Å². The van der Waals surface area contributed by atoms with Crippen LogP contribution in [0, 0.1) is 5.82 Å². The third-order valence-electron chi connectivity index (χ3n) is 4.73. The zero-order valence-electron chi connectivity index (χ0n) is 16.4. The molecule has 7 nitrogen and oxygen atoms in total. The first-order chi connectivity index (χ1) is 14.0. The molecule has 0 spiro atoms. The molecule has 0 saturated carbocycles. The van der Waals surface area contributed by atoms with Gasteiger partial charge in [-0.2, -0.15) is 0 Å². The Hall–Kier alpha value is -2.97. The molecule has 2 aromatic carbocycles. The minimum absolute atomic E-state index is 0.111. The van der Waals surface area contributed by atoms with Crippen LogP contribution >= 0.6 is 0 Å². The number of ether oxygens (including phenoxy) is 1. The van der Waals surface area contributed by atoms with Gasteiger partial charge in [0.15, 0.2) is 0 Å². The smallest absolute Gasteiger partial charge is 0.238 e. The summed E-state index contributed by atoms with van der Waals surface area (Å²) in [5, 5.41) is 5.46. The van der Waals surface area contributed by atoms with E-state index in [-0.39, 0.29) is 30.6 Å². The van der Waals surface area contributed by atoms with E-state index >= 15 is 0 Å². The first-order valence-corrected chi connectivity index (χ1v) is 9.47. The van der Waals surface area contributed by atoms with Gasteiger partial charge in [0.2, 0.25) is 11.8 Å². The van der Waals surface area contributed by atoms with Crippen molar-refractivity contribution in [2.75, 3.05) is 57.0 Å². The SMILES string of the molecule is COc1ccccc1NC(=O)CN1CCN(CC(=O)Nc2ccccc2F)CC1. The van der Waals surface area contributed by atoms with Crippen molar-refractivity contribution in [3.05, 3.63) is 54.3 Å². The van der Waals surface area contributed by atoms with Crippen molar-refractivity contribution in [3.63, 3.8) is 0 Å². The number of hydrogen-bond acceptors (Lipinski definition) is 5. The van der Waals surface area contributed by atoms with Gasteiger partial charge in [-0.15, -0.1) is 0 Å². The lowest BCUT2D eigenvalue weighted by atomic mass is 10.2. The van der Waals surface area contributed by atoms with Crippen molar-refractivity contribution >= 4 is 23.2 Å². The lowest BCUT2D eigenvalue weighted by Gasteiger charge is -2.33. The van der Waals surface area contributed by atoms with E-state index in [0.717, 1.165) is 0 Å². The first kappa shape index (κ1) is 20.8. The zero-order valence-corrected chi connectivity index (χ0v) is 16.4. The second-order valence-corrected chi connectivity index (χ2v) is 6.83. The summed E-state index contributed by atoms with van der Waals surface area (Å²) in [6.07, 6.45) is 0. The topological polar surface area (TPSA) is 73.9 Å². The Morgan fingerprint density at radius 3 is 1.90 bits per heavy atom. The number of anilines is 2. The van der Waals surface area contributed by atoms with Crippen LogP contribution in [0.4, 0.5) is 15.8 Å². The fourth-order valence-corrected chi connectivity index (χ4v) is 3.20. The van der Waals surface area contributed by atoms with Crippen molar-refractivity contribution in [3.8, 4) is 5.75 Å². The van der Waals surface area contributed by atoms with E-state index < -0.39 is 5.82 Å². The van der Waals surface area contributed by atoms with Crippen LogP contribution in [0.25, 0.3) is 0 Å². The Morgan fingerprint density at radius 2 is 1.34 bits per heavy atom. The summed E-state index contributed by atoms with van der Waals surface area (Å²) in [6.45, 7) is 3.13. The van der Waals surface area contributed by atoms with E-state index in [2.05, 4.69) is 10.6 Å². The number of hydrogen-bond donors (Lipinski definition) is 2. The third kappa shape index (κ3) is 6.00. The summed E-state index contributed by atoms with van der Waals surface area (Å²) < 4.78 is 18.9. The summed E-state index contributed by atoms with van der Waals surface area (Å²) in [7, 11) is 1.56. The van der Waals surface area contributed by atoms with Crippen molar-refractivity contribution in [1.29, 1.82) is 0 Å². The van der Waals surface area contributed by atoms with Gasteiger partial charge in [-0.25, -0.2) is 4.39 Å². The molecule has 1 fully saturated rings. The number of para-hydroxylation sites is 3. The van der Waals surface area contributed by atoms with Crippen molar-refractivity contribution in [2.45, 2.75) is 0 Å². The molecule has 0 atom stereocenters. The second-order valence-electron chi connectivity index (χ2n) is 6.83. The highest BCUT2D eigenvalue weighted by atomic mass is 19.1. The maximum atomic E-state index is 13.6. The number of halogens is 1. The monoisotopic (exact) mass is 400 g/mol. The van der Waals surface area contributed by atoms with Crippen LogP contribution in [-0.2, 0) is 9.59 Å². The van der Waals surface area contributed by atoms with E-state index in [1.54, 1.807) is 31.4 Å². The maximum absolute atomic E-state index is 13.6. The molecule has 154 valence electrons. The highest BCUT2D eigenvalue weighted by Gasteiger charge is 2.21. The predicted molar refractivity (Wildman–Crippen MR) is 110 cm³/mol. The molecule has 0 aliphatic carbocycles. The van der Waals surface area contributed by atoms with Crippen LogP contribution in [0.3, 0.4) is 0 Å². The Balaban J connectivity index is 1.41. The molecule has 0 unspecified atom stereocenters. The number of rotatable bonds is 7. The fraction of sp³-hybridized carbons (Fsp3) is 0.333. The molecule has 2 aromatic rings. The van der Waals surface area contributed by atoms with E-state index in [1.165, 1.54) is 12.1 Å². The average Bonchev–Trinajstić information content (AvgIpc) is 2.71. The quantitative estimate of drug-likeness (QED) is 0.744. The molecule has 8 heteroatoms. The van der Waals surface area contributed by atoms with E-state index in [1.807, 2.05) is 21.9 Å². The molecule has 1 aliphatic heterocycles. The lowest BCUT2D eigenvalue weighted by Crippen LogP contribution is -2.50. The van der Waals surface area contributed by atoms with Gasteiger partial charge in [-0.3, -0.25) is 19.4 Å². The van der Waals surface area contributed by atoms with Crippen LogP contribution in [0.15, 0.2) is 48.5 Å². The van der Waals surface area contributed by atoms with Crippen LogP contribution in [0.5, 0.6) is 5.75 Å². The average molecular weight is 400 g/mol. The van der Waals surface area contributed by atoms with Gasteiger partial charge >= 0.3 is 0 Å². The summed E-state index contributed by atoms with van der Waals surface area (Å²) >= 11 is 0. The molecule has 0 aromatic heterocycles. The van der Waals surface area contributed by atoms with Gasteiger partial charge in [0.1, 0.15) is 11.6 Å². The summed E-state index contributed by atoms with van der Waals surface area (Å²) in [5.41, 5.74) is 0.826. The van der Waals surface area contributed by atoms with Crippen molar-refractivity contribution in [1.82, 2.24) is 9.80 Å². The molecule has 0 bridgehead atoms.